The second-order valence-electron chi connectivity index (χ2n) is 7.09. The van der Waals surface area contributed by atoms with E-state index in [0.29, 0.717) is 13.0 Å². The number of aryl methyl sites for hydroxylation is 1. The van der Waals surface area contributed by atoms with Gasteiger partial charge in [-0.2, -0.15) is 0 Å². The van der Waals surface area contributed by atoms with Crippen LogP contribution in [0.25, 0.3) is 0 Å². The van der Waals surface area contributed by atoms with E-state index in [2.05, 4.69) is 51.5 Å². The number of hydrogen-bond donors (Lipinski definition) is 0. The van der Waals surface area contributed by atoms with Crippen LogP contribution in [0.1, 0.15) is 44.5 Å². The molecule has 1 atom stereocenters. The number of hydrogen-bond acceptors (Lipinski definition) is 3. The Labute approximate surface area is 156 Å². The van der Waals surface area contributed by atoms with Crippen LogP contribution in [0.2, 0.25) is 0 Å². The highest BCUT2D eigenvalue weighted by atomic mass is 16.2. The average Bonchev–Trinajstić information content (AvgIpc) is 3.03. The van der Waals surface area contributed by atoms with E-state index in [1.54, 1.807) is 0 Å². The fourth-order valence-electron chi connectivity index (χ4n) is 3.72. The Kier molecular flexibility index (Phi) is 6.45. The van der Waals surface area contributed by atoms with Gasteiger partial charge in [-0.3, -0.25) is 9.69 Å². The first kappa shape index (κ1) is 18.6. The molecule has 1 amide bonds. The Morgan fingerprint density at radius 1 is 1.15 bits per heavy atom. The zero-order valence-corrected chi connectivity index (χ0v) is 16.0. The van der Waals surface area contributed by atoms with Gasteiger partial charge in [0.1, 0.15) is 5.82 Å². The summed E-state index contributed by atoms with van der Waals surface area (Å²) in [6.07, 6.45) is 6.59. The number of carbonyl (C=O) groups excluding carboxylic acids is 1. The second kappa shape index (κ2) is 8.99. The lowest BCUT2D eigenvalue weighted by Crippen LogP contribution is -2.42. The third-order valence-corrected chi connectivity index (χ3v) is 5.17. The molecule has 0 radical (unpaired) electrons. The molecule has 5 heteroatoms. The lowest BCUT2D eigenvalue weighted by Gasteiger charge is -2.31. The molecule has 1 saturated heterocycles. The van der Waals surface area contributed by atoms with Crippen molar-refractivity contribution < 1.29 is 4.79 Å². The summed E-state index contributed by atoms with van der Waals surface area (Å²) in [7, 11) is 0. The van der Waals surface area contributed by atoms with Gasteiger partial charge in [-0.25, -0.2) is 4.98 Å². The van der Waals surface area contributed by atoms with E-state index in [9.17, 15) is 4.79 Å². The van der Waals surface area contributed by atoms with Crippen LogP contribution in [-0.2, 0) is 24.4 Å². The summed E-state index contributed by atoms with van der Waals surface area (Å²) in [4.78, 5) is 21.8. The summed E-state index contributed by atoms with van der Waals surface area (Å²) in [5.41, 5.74) is 1.20. The summed E-state index contributed by atoms with van der Waals surface area (Å²) in [6.45, 7) is 8.60. The van der Waals surface area contributed by atoms with E-state index in [1.807, 2.05) is 24.4 Å². The number of nitrogens with zero attached hydrogens (tertiary/aromatic N) is 4. The molecule has 0 aliphatic carbocycles. The Morgan fingerprint density at radius 3 is 2.69 bits per heavy atom. The zero-order chi connectivity index (χ0) is 18.4. The molecule has 0 saturated carbocycles. The standard InChI is InChI=1S/C21H30N4O/c1-3-12-24-14-11-22-20(24)17-23-13-10-21(26)25(19(4-2)16-23)15-18-8-6-5-7-9-18/h5-9,11,14,19H,3-4,10,12-13,15-17H2,1-2H3. The fraction of sp³-hybridized carbons (Fsp3) is 0.524. The molecule has 3 rings (SSSR count). The summed E-state index contributed by atoms with van der Waals surface area (Å²) >= 11 is 0. The van der Waals surface area contributed by atoms with Gasteiger partial charge < -0.3 is 9.47 Å². The highest BCUT2D eigenvalue weighted by molar-refractivity contribution is 5.77. The van der Waals surface area contributed by atoms with Gasteiger partial charge in [0, 0.05) is 51.0 Å². The predicted octanol–water partition coefficient (Wildman–Crippen LogP) is 3.31. The van der Waals surface area contributed by atoms with E-state index < -0.39 is 0 Å². The molecule has 26 heavy (non-hydrogen) atoms. The number of benzene rings is 1. The first-order valence-corrected chi connectivity index (χ1v) is 9.77. The number of aromatic nitrogens is 2. The summed E-state index contributed by atoms with van der Waals surface area (Å²) < 4.78 is 2.23. The van der Waals surface area contributed by atoms with Crippen molar-refractivity contribution >= 4 is 5.91 Å². The first-order valence-electron chi connectivity index (χ1n) is 9.77. The Morgan fingerprint density at radius 2 is 1.96 bits per heavy atom. The van der Waals surface area contributed by atoms with Gasteiger partial charge >= 0.3 is 0 Å². The van der Waals surface area contributed by atoms with E-state index >= 15 is 0 Å². The molecule has 0 N–H and O–H groups in total. The van der Waals surface area contributed by atoms with E-state index in [4.69, 9.17) is 0 Å². The molecule has 1 fully saturated rings. The van der Waals surface area contributed by atoms with Crippen molar-refractivity contribution in [3.05, 3.63) is 54.1 Å². The summed E-state index contributed by atoms with van der Waals surface area (Å²) in [5, 5.41) is 0. The zero-order valence-electron chi connectivity index (χ0n) is 16.0. The van der Waals surface area contributed by atoms with Crippen LogP contribution < -0.4 is 0 Å². The van der Waals surface area contributed by atoms with Crippen molar-refractivity contribution in [1.29, 1.82) is 0 Å². The lowest BCUT2D eigenvalue weighted by molar-refractivity contribution is -0.133. The molecule has 140 valence electrons. The Bertz CT molecular complexity index is 697. The molecule has 2 aromatic rings. The smallest absolute Gasteiger partial charge is 0.224 e. The minimum Gasteiger partial charge on any atom is -0.334 e. The largest absolute Gasteiger partial charge is 0.334 e. The summed E-state index contributed by atoms with van der Waals surface area (Å²) in [6, 6.07) is 10.6. The maximum Gasteiger partial charge on any atom is 0.224 e. The van der Waals surface area contributed by atoms with Crippen LogP contribution in [0.3, 0.4) is 0 Å². The third kappa shape index (κ3) is 4.52. The average molecular weight is 354 g/mol. The van der Waals surface area contributed by atoms with E-state index in [-0.39, 0.29) is 11.9 Å². The van der Waals surface area contributed by atoms with Crippen molar-refractivity contribution in [2.45, 2.75) is 58.8 Å². The maximum absolute atomic E-state index is 12.8. The Balaban J connectivity index is 1.70. The number of carbonyl (C=O) groups is 1. The van der Waals surface area contributed by atoms with Crippen LogP contribution in [0.5, 0.6) is 0 Å². The molecular formula is C21H30N4O. The van der Waals surface area contributed by atoms with E-state index in [0.717, 1.165) is 44.8 Å². The van der Waals surface area contributed by atoms with Gasteiger partial charge in [0.2, 0.25) is 5.91 Å². The molecule has 1 unspecified atom stereocenters. The van der Waals surface area contributed by atoms with Gasteiger partial charge in [0.05, 0.1) is 6.54 Å². The van der Waals surface area contributed by atoms with Gasteiger partial charge in [0.25, 0.3) is 0 Å². The monoisotopic (exact) mass is 354 g/mol. The first-order chi connectivity index (χ1) is 12.7. The molecule has 1 aromatic carbocycles. The maximum atomic E-state index is 12.8. The minimum atomic E-state index is 0.250. The van der Waals surface area contributed by atoms with Crippen LogP contribution >= 0.6 is 0 Å². The molecule has 1 aromatic heterocycles. The van der Waals surface area contributed by atoms with Gasteiger partial charge in [-0.15, -0.1) is 0 Å². The van der Waals surface area contributed by atoms with Crippen molar-refractivity contribution in [1.82, 2.24) is 19.4 Å². The number of imidazole rings is 1. The van der Waals surface area contributed by atoms with Crippen LogP contribution in [-0.4, -0.2) is 44.4 Å². The van der Waals surface area contributed by atoms with Crippen LogP contribution in [0.4, 0.5) is 0 Å². The Hall–Kier alpha value is -2.14. The molecule has 2 heterocycles. The molecular weight excluding hydrogens is 324 g/mol. The highest BCUT2D eigenvalue weighted by Crippen LogP contribution is 2.19. The molecule has 1 aliphatic heterocycles. The van der Waals surface area contributed by atoms with Crippen molar-refractivity contribution in [2.24, 2.45) is 0 Å². The van der Waals surface area contributed by atoms with Crippen molar-refractivity contribution in [2.75, 3.05) is 13.1 Å². The molecule has 0 bridgehead atoms. The topological polar surface area (TPSA) is 41.4 Å². The van der Waals surface area contributed by atoms with Gasteiger partial charge in [-0.05, 0) is 18.4 Å². The van der Waals surface area contributed by atoms with Crippen molar-refractivity contribution in [3.63, 3.8) is 0 Å². The van der Waals surface area contributed by atoms with Gasteiger partial charge in [-0.1, -0.05) is 44.2 Å². The molecule has 1 aliphatic rings. The van der Waals surface area contributed by atoms with Crippen molar-refractivity contribution in [3.8, 4) is 0 Å². The van der Waals surface area contributed by atoms with Crippen LogP contribution in [0, 0.1) is 0 Å². The molecule has 5 nitrogen and oxygen atoms in total. The van der Waals surface area contributed by atoms with E-state index in [1.165, 1.54) is 5.56 Å². The second-order valence-corrected chi connectivity index (χ2v) is 7.09. The predicted molar refractivity (Wildman–Crippen MR) is 103 cm³/mol. The SMILES string of the molecule is CCCn1ccnc1CN1CCC(=O)N(Cc2ccccc2)C(CC)C1. The normalized spacial score (nSPS) is 18.9. The lowest BCUT2D eigenvalue weighted by atomic mass is 10.1. The third-order valence-electron chi connectivity index (χ3n) is 5.17. The number of amides is 1. The highest BCUT2D eigenvalue weighted by Gasteiger charge is 2.29. The summed E-state index contributed by atoms with van der Waals surface area (Å²) in [5.74, 6) is 1.37. The van der Waals surface area contributed by atoms with Gasteiger partial charge in [0.15, 0.2) is 0 Å². The molecule has 0 spiro atoms. The van der Waals surface area contributed by atoms with Crippen LogP contribution in [0.15, 0.2) is 42.7 Å². The minimum absolute atomic E-state index is 0.250. The number of rotatable bonds is 7. The quantitative estimate of drug-likeness (QED) is 0.766. The fourth-order valence-corrected chi connectivity index (χ4v) is 3.72.